The molecular formula is C34H25N3O11. The summed E-state index contributed by atoms with van der Waals surface area (Å²) in [5.74, 6) is -9.32. The number of aliphatic hydroxyl groups is 3. The number of amides is 3. The maximum atomic E-state index is 14.3. The fourth-order valence-electron chi connectivity index (χ4n) is 7.46. The van der Waals surface area contributed by atoms with Gasteiger partial charge in [0.2, 0.25) is 5.78 Å². The molecule has 0 fully saturated rings. The SMILES string of the molecule is NC(=O)C1=C(O)C[C@@H]2CC3Cc4c(-c5cccc([N+](=O)[O-])c5)cc(CN5C(=O)c6ccccc6C5=O)c(O)c4C(=O)C3=C(O)[C@]2(O)C1=O. The Labute approximate surface area is 270 Å². The minimum atomic E-state index is -2.77. The fraction of sp³-hybridized carbons (Fsp3) is 0.206. The number of phenolic OH excluding ortho intramolecular Hbond substituents is 1. The number of nitrogens with two attached hydrogens (primary N) is 1. The van der Waals surface area contributed by atoms with Crippen molar-refractivity contribution in [1.82, 2.24) is 4.90 Å². The van der Waals surface area contributed by atoms with Crippen molar-refractivity contribution in [3.05, 3.63) is 115 Å². The highest BCUT2D eigenvalue weighted by molar-refractivity contribution is 6.25. The van der Waals surface area contributed by atoms with Crippen LogP contribution in [0.1, 0.15) is 55.0 Å². The monoisotopic (exact) mass is 651 g/mol. The average Bonchev–Trinajstić information content (AvgIpc) is 3.28. The molecular weight excluding hydrogens is 626 g/mol. The number of nitro benzene ring substituents is 1. The van der Waals surface area contributed by atoms with E-state index in [1.807, 2.05) is 0 Å². The Balaban J connectivity index is 1.41. The molecule has 0 spiro atoms. The van der Waals surface area contributed by atoms with Crippen LogP contribution in [-0.4, -0.2) is 65.1 Å². The molecule has 3 amide bonds. The van der Waals surface area contributed by atoms with E-state index in [0.717, 1.165) is 4.90 Å². The van der Waals surface area contributed by atoms with E-state index in [2.05, 4.69) is 0 Å². The Morgan fingerprint density at radius 1 is 0.958 bits per heavy atom. The number of imide groups is 1. The smallest absolute Gasteiger partial charge is 0.270 e. The van der Waals surface area contributed by atoms with Crippen molar-refractivity contribution in [3.63, 3.8) is 0 Å². The number of primary amides is 1. The molecule has 48 heavy (non-hydrogen) atoms. The molecule has 0 saturated carbocycles. The molecule has 1 aliphatic heterocycles. The van der Waals surface area contributed by atoms with E-state index in [4.69, 9.17) is 5.73 Å². The number of nitro groups is 1. The molecule has 6 N–H and O–H groups in total. The number of allylic oxidation sites excluding steroid dienone is 2. The van der Waals surface area contributed by atoms with Gasteiger partial charge in [-0.1, -0.05) is 24.3 Å². The summed E-state index contributed by atoms with van der Waals surface area (Å²) in [5, 5.41) is 56.7. The molecule has 0 saturated heterocycles. The Kier molecular flexibility index (Phi) is 6.63. The number of fused-ring (bicyclic) bond motifs is 4. The maximum absolute atomic E-state index is 14.3. The van der Waals surface area contributed by atoms with E-state index in [1.54, 1.807) is 18.2 Å². The first kappa shape index (κ1) is 30.5. The zero-order chi connectivity index (χ0) is 34.4. The molecule has 3 atom stereocenters. The maximum Gasteiger partial charge on any atom is 0.270 e. The average molecular weight is 652 g/mol. The standard InChI is InChI=1S/C34H25N3O11/c35-31(43)26-23(38)12-17-8-15-10-22-21(14-4-3-5-18(9-14)37(47)48)11-16(13-36-32(44)19-6-1-2-7-20(19)33(36)45)27(39)25(22)28(40)24(15)29(41)34(17,46)30(26)42/h1-7,9,11,15,17,38-39,41,46H,8,10,12-13H2,(H2,35,43)/t15?,17-,34-/m0/s1. The minimum Gasteiger partial charge on any atom is -0.511 e. The first-order valence-corrected chi connectivity index (χ1v) is 14.8. The van der Waals surface area contributed by atoms with E-state index in [9.17, 15) is 54.5 Å². The summed E-state index contributed by atoms with van der Waals surface area (Å²) in [7, 11) is 0. The molecule has 0 bridgehead atoms. The summed E-state index contributed by atoms with van der Waals surface area (Å²) in [6.07, 6.45) is -0.584. The first-order valence-electron chi connectivity index (χ1n) is 14.8. The first-order chi connectivity index (χ1) is 22.7. The molecule has 1 unspecified atom stereocenters. The van der Waals surface area contributed by atoms with Gasteiger partial charge in [0.1, 0.15) is 22.8 Å². The summed E-state index contributed by atoms with van der Waals surface area (Å²) in [6, 6.07) is 13.1. The van der Waals surface area contributed by atoms with Gasteiger partial charge in [-0.25, -0.2) is 0 Å². The van der Waals surface area contributed by atoms with Gasteiger partial charge >= 0.3 is 0 Å². The highest BCUT2D eigenvalue weighted by Gasteiger charge is 2.59. The van der Waals surface area contributed by atoms with Crippen molar-refractivity contribution in [2.75, 3.05) is 0 Å². The minimum absolute atomic E-state index is 0.0622. The summed E-state index contributed by atoms with van der Waals surface area (Å²) < 4.78 is 0. The van der Waals surface area contributed by atoms with Crippen molar-refractivity contribution in [2.45, 2.75) is 31.4 Å². The number of carbonyl (C=O) groups is 5. The van der Waals surface area contributed by atoms with Crippen molar-refractivity contribution in [3.8, 4) is 16.9 Å². The quantitative estimate of drug-likeness (QED) is 0.116. The number of aliphatic hydroxyl groups excluding tert-OH is 2. The highest BCUT2D eigenvalue weighted by atomic mass is 16.6. The molecule has 0 radical (unpaired) electrons. The number of ketones is 2. The van der Waals surface area contributed by atoms with Gasteiger partial charge in [0.05, 0.1) is 28.2 Å². The van der Waals surface area contributed by atoms with E-state index in [0.29, 0.717) is 0 Å². The van der Waals surface area contributed by atoms with Crippen LogP contribution < -0.4 is 5.73 Å². The van der Waals surface area contributed by atoms with E-state index < -0.39 is 93.0 Å². The van der Waals surface area contributed by atoms with Crippen LogP contribution in [0.5, 0.6) is 5.75 Å². The number of phenols is 1. The van der Waals surface area contributed by atoms with Crippen LogP contribution in [0.25, 0.3) is 11.1 Å². The Hall–Kier alpha value is -6.15. The number of benzene rings is 3. The number of nitrogens with zero attached hydrogens (tertiary/aromatic N) is 2. The van der Waals surface area contributed by atoms with E-state index in [-0.39, 0.29) is 57.5 Å². The third kappa shape index (κ3) is 4.12. The third-order valence-corrected chi connectivity index (χ3v) is 9.72. The van der Waals surface area contributed by atoms with Gasteiger partial charge in [0.25, 0.3) is 23.4 Å². The molecule has 14 nitrogen and oxygen atoms in total. The predicted molar refractivity (Wildman–Crippen MR) is 164 cm³/mol. The third-order valence-electron chi connectivity index (χ3n) is 9.72. The molecule has 3 aromatic carbocycles. The fourth-order valence-corrected chi connectivity index (χ4v) is 7.46. The molecule has 4 aliphatic rings. The van der Waals surface area contributed by atoms with Crippen molar-refractivity contribution in [2.24, 2.45) is 17.6 Å². The Morgan fingerprint density at radius 2 is 1.62 bits per heavy atom. The second kappa shape index (κ2) is 10.4. The Bertz CT molecular complexity index is 2110. The van der Waals surface area contributed by atoms with Crippen molar-refractivity contribution >= 4 is 35.0 Å². The molecule has 0 aromatic heterocycles. The number of carbonyl (C=O) groups excluding carboxylic acids is 5. The topological polar surface area (TPSA) is 239 Å². The van der Waals surface area contributed by atoms with Crippen LogP contribution in [0.4, 0.5) is 5.69 Å². The largest absolute Gasteiger partial charge is 0.511 e. The van der Waals surface area contributed by atoms with Crippen LogP contribution in [-0.2, 0) is 22.6 Å². The van der Waals surface area contributed by atoms with Crippen molar-refractivity contribution < 1.29 is 49.3 Å². The number of hydrogen-bond acceptors (Lipinski definition) is 11. The van der Waals surface area contributed by atoms with Gasteiger partial charge in [-0.15, -0.1) is 0 Å². The Morgan fingerprint density at radius 3 is 2.25 bits per heavy atom. The number of hydrogen-bond donors (Lipinski definition) is 5. The van der Waals surface area contributed by atoms with Gasteiger partial charge in [-0.05, 0) is 53.6 Å². The lowest BCUT2D eigenvalue weighted by molar-refractivity contribution is -0.384. The highest BCUT2D eigenvalue weighted by Crippen LogP contribution is 2.53. The number of aromatic hydroxyl groups is 1. The lowest BCUT2D eigenvalue weighted by Crippen LogP contribution is -2.57. The van der Waals surface area contributed by atoms with Gasteiger partial charge in [0.15, 0.2) is 11.4 Å². The van der Waals surface area contributed by atoms with Crippen LogP contribution >= 0.6 is 0 Å². The molecule has 1 heterocycles. The van der Waals surface area contributed by atoms with Gasteiger partial charge in [-0.3, -0.25) is 39.0 Å². The molecule has 14 heteroatoms. The molecule has 7 rings (SSSR count). The number of Topliss-reactive ketones (excluding diaryl/α,β-unsaturated/α-hetero) is 2. The van der Waals surface area contributed by atoms with Gasteiger partial charge in [0, 0.05) is 35.6 Å². The zero-order valence-corrected chi connectivity index (χ0v) is 24.8. The van der Waals surface area contributed by atoms with Gasteiger partial charge < -0.3 is 26.2 Å². The molecule has 242 valence electrons. The van der Waals surface area contributed by atoms with Crippen LogP contribution in [0.15, 0.2) is 77.3 Å². The summed E-state index contributed by atoms with van der Waals surface area (Å²) >= 11 is 0. The number of rotatable bonds is 5. The second-order valence-electron chi connectivity index (χ2n) is 12.2. The lowest BCUT2D eigenvalue weighted by Gasteiger charge is -2.45. The predicted octanol–water partition coefficient (Wildman–Crippen LogP) is 2.95. The van der Waals surface area contributed by atoms with Crippen molar-refractivity contribution in [1.29, 1.82) is 0 Å². The van der Waals surface area contributed by atoms with Gasteiger partial charge in [-0.2, -0.15) is 0 Å². The van der Waals surface area contributed by atoms with Crippen LogP contribution in [0, 0.1) is 22.0 Å². The molecule has 3 aliphatic carbocycles. The lowest BCUT2D eigenvalue weighted by atomic mass is 9.60. The van der Waals surface area contributed by atoms with Crippen LogP contribution in [0.2, 0.25) is 0 Å². The van der Waals surface area contributed by atoms with Crippen LogP contribution in [0.3, 0.4) is 0 Å². The van der Waals surface area contributed by atoms with E-state index in [1.165, 1.54) is 36.4 Å². The van der Waals surface area contributed by atoms with E-state index >= 15 is 0 Å². The summed E-state index contributed by atoms with van der Waals surface area (Å²) in [4.78, 5) is 78.0. The zero-order valence-electron chi connectivity index (χ0n) is 24.8. The molecule has 3 aromatic rings. The second-order valence-corrected chi connectivity index (χ2v) is 12.2. The normalized spacial score (nSPS) is 23.1. The number of non-ortho nitro benzene ring substituents is 1. The summed E-state index contributed by atoms with van der Waals surface area (Å²) in [5.41, 5.74) is 1.56. The summed E-state index contributed by atoms with van der Waals surface area (Å²) in [6.45, 7) is -0.494.